The third kappa shape index (κ3) is 2.80. The van der Waals surface area contributed by atoms with Gasteiger partial charge in [-0.25, -0.2) is 4.90 Å². The minimum Gasteiger partial charge on any atom is -0.292 e. The van der Waals surface area contributed by atoms with E-state index in [-0.39, 0.29) is 24.3 Å². The van der Waals surface area contributed by atoms with Crippen LogP contribution < -0.4 is 4.90 Å². The van der Waals surface area contributed by atoms with E-state index in [1.165, 1.54) is 11.3 Å². The number of hydrogen-bond donors (Lipinski definition) is 0. The van der Waals surface area contributed by atoms with Gasteiger partial charge in [0.1, 0.15) is 0 Å². The van der Waals surface area contributed by atoms with Crippen molar-refractivity contribution < 1.29 is 9.59 Å². The summed E-state index contributed by atoms with van der Waals surface area (Å²) in [6, 6.07) is 4.50. The summed E-state index contributed by atoms with van der Waals surface area (Å²) < 4.78 is 0. The first kappa shape index (κ1) is 14.8. The average Bonchev–Trinajstić information content (AvgIpc) is 2.78. The maximum absolute atomic E-state index is 12.6. The molecule has 112 valence electrons. The molecular weight excluding hydrogens is 311 g/mol. The number of anilines is 1. The Bertz CT molecular complexity index is 585. The minimum atomic E-state index is -0.327. The van der Waals surface area contributed by atoms with Crippen LogP contribution in [0.3, 0.4) is 0 Å². The summed E-state index contributed by atoms with van der Waals surface area (Å²) in [5, 5.41) is 0.753. The van der Waals surface area contributed by atoms with E-state index in [1.807, 2.05) is 0 Å². The first-order valence-electron chi connectivity index (χ1n) is 7.14. The Morgan fingerprint density at radius 1 is 1.00 bits per heavy atom. The Balaban J connectivity index is 1.84. The van der Waals surface area contributed by atoms with Crippen molar-refractivity contribution in [2.75, 3.05) is 18.0 Å². The average molecular weight is 327 g/mol. The van der Waals surface area contributed by atoms with Crippen molar-refractivity contribution in [1.29, 1.82) is 0 Å². The van der Waals surface area contributed by atoms with Crippen LogP contribution in [0.1, 0.15) is 25.7 Å². The molecule has 1 atom stereocenters. The van der Waals surface area contributed by atoms with Gasteiger partial charge >= 0.3 is 0 Å². The SMILES string of the molecule is O=C1CC(N2CCCCC2)C(=O)N1c1ccc(Cl)c(Cl)c1. The molecule has 6 heteroatoms. The van der Waals surface area contributed by atoms with E-state index in [0.717, 1.165) is 25.9 Å². The van der Waals surface area contributed by atoms with E-state index >= 15 is 0 Å². The lowest BCUT2D eigenvalue weighted by atomic mass is 10.1. The van der Waals surface area contributed by atoms with Gasteiger partial charge in [0.25, 0.3) is 5.91 Å². The highest BCUT2D eigenvalue weighted by Gasteiger charge is 2.42. The van der Waals surface area contributed by atoms with Crippen LogP contribution in [-0.2, 0) is 9.59 Å². The van der Waals surface area contributed by atoms with Gasteiger partial charge in [-0.3, -0.25) is 14.5 Å². The molecule has 2 amide bonds. The monoisotopic (exact) mass is 326 g/mol. The van der Waals surface area contributed by atoms with Crippen LogP contribution >= 0.6 is 23.2 Å². The molecule has 3 rings (SSSR count). The van der Waals surface area contributed by atoms with Gasteiger partial charge in [-0.15, -0.1) is 0 Å². The highest BCUT2D eigenvalue weighted by Crippen LogP contribution is 2.31. The Morgan fingerprint density at radius 3 is 2.38 bits per heavy atom. The lowest BCUT2D eigenvalue weighted by Gasteiger charge is -2.30. The molecule has 2 fully saturated rings. The molecule has 1 unspecified atom stereocenters. The summed E-state index contributed by atoms with van der Waals surface area (Å²) in [6.45, 7) is 1.78. The molecule has 0 spiro atoms. The summed E-state index contributed by atoms with van der Waals surface area (Å²) in [5.41, 5.74) is 0.499. The van der Waals surface area contributed by atoms with E-state index in [0.29, 0.717) is 15.7 Å². The van der Waals surface area contributed by atoms with Crippen molar-refractivity contribution in [3.63, 3.8) is 0 Å². The minimum absolute atomic E-state index is 0.153. The number of amides is 2. The number of carbonyl (C=O) groups is 2. The van der Waals surface area contributed by atoms with Gasteiger partial charge in [0, 0.05) is 0 Å². The van der Waals surface area contributed by atoms with Crippen molar-refractivity contribution in [1.82, 2.24) is 4.90 Å². The third-order valence-electron chi connectivity index (χ3n) is 4.12. The van der Waals surface area contributed by atoms with Gasteiger partial charge in [0.2, 0.25) is 5.91 Å². The summed E-state index contributed by atoms with van der Waals surface area (Å²) in [5.74, 6) is -0.325. The molecule has 0 aliphatic carbocycles. The van der Waals surface area contributed by atoms with Crippen molar-refractivity contribution in [3.8, 4) is 0 Å². The zero-order valence-electron chi connectivity index (χ0n) is 11.5. The zero-order valence-corrected chi connectivity index (χ0v) is 13.0. The topological polar surface area (TPSA) is 40.6 Å². The lowest BCUT2D eigenvalue weighted by molar-refractivity contribution is -0.123. The van der Waals surface area contributed by atoms with Crippen molar-refractivity contribution in [2.24, 2.45) is 0 Å². The molecule has 2 aliphatic heterocycles. The second-order valence-electron chi connectivity index (χ2n) is 5.48. The first-order valence-corrected chi connectivity index (χ1v) is 7.89. The Labute approximate surface area is 133 Å². The first-order chi connectivity index (χ1) is 10.1. The molecular formula is C15H16Cl2N2O2. The number of hydrogen-bond acceptors (Lipinski definition) is 3. The summed E-state index contributed by atoms with van der Waals surface area (Å²) in [7, 11) is 0. The molecule has 2 saturated heterocycles. The number of likely N-dealkylation sites (tertiary alicyclic amines) is 1. The zero-order chi connectivity index (χ0) is 15.0. The second kappa shape index (κ2) is 5.95. The Kier molecular flexibility index (Phi) is 4.20. The summed E-state index contributed by atoms with van der Waals surface area (Å²) in [6.07, 6.45) is 3.62. The molecule has 2 aliphatic rings. The number of rotatable bonds is 2. The molecule has 21 heavy (non-hydrogen) atoms. The van der Waals surface area contributed by atoms with Gasteiger partial charge in [0.05, 0.1) is 28.2 Å². The predicted octanol–water partition coefficient (Wildman–Crippen LogP) is 3.11. The fourth-order valence-corrected chi connectivity index (χ4v) is 3.32. The Hall–Kier alpha value is -1.10. The number of carbonyl (C=O) groups excluding carboxylic acids is 2. The van der Waals surface area contributed by atoms with Crippen molar-refractivity contribution in [3.05, 3.63) is 28.2 Å². The van der Waals surface area contributed by atoms with Crippen LogP contribution in [0.4, 0.5) is 5.69 Å². The predicted molar refractivity (Wildman–Crippen MR) is 82.8 cm³/mol. The standard InChI is InChI=1S/C15H16Cl2N2O2/c16-11-5-4-10(8-12(11)17)19-14(20)9-13(15(19)21)18-6-2-1-3-7-18/h4-5,8,13H,1-3,6-7,9H2. The van der Waals surface area contributed by atoms with Gasteiger partial charge in [-0.1, -0.05) is 29.6 Å². The van der Waals surface area contributed by atoms with Crippen LogP contribution in [0.5, 0.6) is 0 Å². The van der Waals surface area contributed by atoms with Gasteiger partial charge in [-0.2, -0.15) is 0 Å². The van der Waals surface area contributed by atoms with E-state index in [4.69, 9.17) is 23.2 Å². The van der Waals surface area contributed by atoms with Gasteiger partial charge < -0.3 is 0 Å². The maximum atomic E-state index is 12.6. The van der Waals surface area contributed by atoms with E-state index in [2.05, 4.69) is 4.90 Å². The molecule has 1 aromatic rings. The quantitative estimate of drug-likeness (QED) is 0.784. The normalized spacial score (nSPS) is 23.9. The number of nitrogens with zero attached hydrogens (tertiary/aromatic N) is 2. The van der Waals surface area contributed by atoms with E-state index in [1.54, 1.807) is 18.2 Å². The van der Waals surface area contributed by atoms with Crippen LogP contribution in [0.15, 0.2) is 18.2 Å². The van der Waals surface area contributed by atoms with Gasteiger partial charge in [0.15, 0.2) is 0 Å². The number of piperidine rings is 1. The summed E-state index contributed by atoms with van der Waals surface area (Å²) in [4.78, 5) is 28.2. The lowest BCUT2D eigenvalue weighted by Crippen LogP contribution is -2.44. The van der Waals surface area contributed by atoms with E-state index < -0.39 is 0 Å². The number of benzene rings is 1. The molecule has 0 N–H and O–H groups in total. The molecule has 2 heterocycles. The number of imide groups is 1. The third-order valence-corrected chi connectivity index (χ3v) is 4.85. The number of halogens is 2. The van der Waals surface area contributed by atoms with E-state index in [9.17, 15) is 9.59 Å². The van der Waals surface area contributed by atoms with Crippen molar-refractivity contribution in [2.45, 2.75) is 31.7 Å². The maximum Gasteiger partial charge on any atom is 0.251 e. The summed E-state index contributed by atoms with van der Waals surface area (Å²) >= 11 is 11.9. The fraction of sp³-hybridized carbons (Fsp3) is 0.467. The molecule has 4 nitrogen and oxygen atoms in total. The highest BCUT2D eigenvalue weighted by atomic mass is 35.5. The van der Waals surface area contributed by atoms with Crippen molar-refractivity contribution >= 4 is 40.7 Å². The second-order valence-corrected chi connectivity index (χ2v) is 6.30. The van der Waals surface area contributed by atoms with Gasteiger partial charge in [-0.05, 0) is 44.1 Å². The van der Waals surface area contributed by atoms with Crippen LogP contribution in [0, 0.1) is 0 Å². The fourth-order valence-electron chi connectivity index (χ4n) is 3.03. The molecule has 0 saturated carbocycles. The molecule has 1 aromatic carbocycles. The molecule has 0 aromatic heterocycles. The largest absolute Gasteiger partial charge is 0.292 e. The molecule has 0 radical (unpaired) electrons. The smallest absolute Gasteiger partial charge is 0.251 e. The van der Waals surface area contributed by atoms with Crippen LogP contribution in [0.2, 0.25) is 10.0 Å². The molecule has 0 bridgehead atoms. The van der Waals surface area contributed by atoms with Crippen LogP contribution in [0.25, 0.3) is 0 Å². The Morgan fingerprint density at radius 2 is 1.71 bits per heavy atom. The van der Waals surface area contributed by atoms with Crippen LogP contribution in [-0.4, -0.2) is 35.8 Å². The highest BCUT2D eigenvalue weighted by molar-refractivity contribution is 6.42.